The Morgan fingerprint density at radius 3 is 1.94 bits per heavy atom. The molecule has 0 saturated carbocycles. The quantitative estimate of drug-likeness (QED) is 0.0473. The summed E-state index contributed by atoms with van der Waals surface area (Å²) in [6.45, 7) is -0.0964. The zero-order valence-corrected chi connectivity index (χ0v) is 39.3. The molecule has 1 spiro atoms. The summed E-state index contributed by atoms with van der Waals surface area (Å²) < 4.78 is 68.8. The third-order valence-corrected chi connectivity index (χ3v) is 19.6. The third-order valence-electron chi connectivity index (χ3n) is 11.9. The van der Waals surface area contributed by atoms with E-state index in [0.29, 0.717) is 36.6 Å². The number of nitrogens with zero attached hydrogens (tertiary/aromatic N) is 9. The highest BCUT2D eigenvalue weighted by Gasteiger charge is 2.52. The number of rotatable bonds is 15. The summed E-state index contributed by atoms with van der Waals surface area (Å²) in [5.41, 5.74) is 8.40. The van der Waals surface area contributed by atoms with Crippen molar-refractivity contribution in [3.63, 3.8) is 0 Å². The molecule has 3 saturated heterocycles. The number of nitrogens with one attached hydrogen (secondary N) is 2. The molecule has 28 nitrogen and oxygen atoms in total. The average Bonchev–Trinajstić information content (AvgIpc) is 4.01. The third kappa shape index (κ3) is 9.78. The maximum atomic E-state index is 12.6. The summed E-state index contributed by atoms with van der Waals surface area (Å²) in [6, 6.07) is 5.46. The van der Waals surface area contributed by atoms with E-state index in [1.54, 1.807) is 6.07 Å². The summed E-state index contributed by atoms with van der Waals surface area (Å²) in [5, 5.41) is 37.2. The molecule has 3 aliphatic heterocycles. The number of nitrogens with two attached hydrogens (primary N) is 1. The standard InChI is InChI=1S/C33H42Cl2N12O16P4/c34-31-41-25(36)19-27(43-31)47(10-37-19)30-24(22(49)18(63-30)7-40-65(53,54)13-67(58,59)60)61-15-1-2-16-14(5-15)3-4-33(16)8-45(9-33)26-20-28(44-32(35)42-26)46(11-38-20)29-23(50)21(48)17(62-29)6-39-64(51,52)12-66(55,56)57/h1-2,5,10-11,17-18,21-24,29-30,48-50H,3-4,6-9,12-13H2,(H2,36,41,43)(H2,39,51,52)(H2,40,53,54)(H2,55,56,57)(H2,58,59,60)/t17-,18-,21?,22?,23?,24?,29-,30-/m1/s1. The van der Waals surface area contributed by atoms with Crippen LogP contribution in [0.15, 0.2) is 30.9 Å². The first kappa shape index (κ1) is 48.7. The van der Waals surface area contributed by atoms with E-state index in [1.165, 1.54) is 21.8 Å². The molecule has 7 heterocycles. The predicted molar refractivity (Wildman–Crippen MR) is 233 cm³/mol. The summed E-state index contributed by atoms with van der Waals surface area (Å²) in [6.07, 6.45) is -6.87. The Kier molecular flexibility index (Phi) is 12.7. The molecule has 0 amide bonds. The minimum absolute atomic E-state index is 0.0326. The highest BCUT2D eigenvalue weighted by atomic mass is 35.5. The molecule has 364 valence electrons. The predicted octanol–water partition coefficient (Wildman–Crippen LogP) is -0.295. The Labute approximate surface area is 386 Å². The molecule has 10 atom stereocenters. The number of aromatic nitrogens is 8. The maximum Gasteiger partial charge on any atom is 0.336 e. The van der Waals surface area contributed by atoms with Gasteiger partial charge in [-0.05, 0) is 59.3 Å². The first-order valence-electron chi connectivity index (χ1n) is 20.0. The number of aliphatic hydroxyl groups is 3. The molecule has 3 fully saturated rings. The summed E-state index contributed by atoms with van der Waals surface area (Å²) in [7, 11) is -18.9. The van der Waals surface area contributed by atoms with Crippen LogP contribution in [0.1, 0.15) is 30.0 Å². The number of aryl methyl sites for hydroxylation is 1. The van der Waals surface area contributed by atoms with E-state index in [9.17, 15) is 53.2 Å². The first-order valence-corrected chi connectivity index (χ1v) is 28.0. The average molecular weight is 1060 g/mol. The number of fused-ring (bicyclic) bond motifs is 4. The second kappa shape index (κ2) is 17.5. The van der Waals surface area contributed by atoms with Gasteiger partial charge in [-0.3, -0.25) is 27.4 Å². The Morgan fingerprint density at radius 2 is 1.31 bits per heavy atom. The van der Waals surface area contributed by atoms with E-state index in [-0.39, 0.29) is 38.6 Å². The lowest BCUT2D eigenvalue weighted by Crippen LogP contribution is -2.58. The number of nitrogen functional groups attached to an aromatic ring is 1. The van der Waals surface area contributed by atoms with Gasteiger partial charge in [-0.15, -0.1) is 0 Å². The fourth-order valence-electron chi connectivity index (χ4n) is 9.01. The molecule has 67 heavy (non-hydrogen) atoms. The molecular formula is C33H42Cl2N12O16P4. The highest BCUT2D eigenvalue weighted by Crippen LogP contribution is 2.54. The second-order valence-corrected chi connectivity index (χ2v) is 25.8. The number of imidazole rings is 2. The molecule has 4 aliphatic rings. The summed E-state index contributed by atoms with van der Waals surface area (Å²) in [5.74, 6) is -2.00. The van der Waals surface area contributed by atoms with Crippen molar-refractivity contribution in [1.82, 2.24) is 49.2 Å². The van der Waals surface area contributed by atoms with E-state index >= 15 is 0 Å². The molecular weight excluding hydrogens is 1020 g/mol. The van der Waals surface area contributed by atoms with Gasteiger partial charge in [-0.1, -0.05) is 6.07 Å². The van der Waals surface area contributed by atoms with E-state index in [1.807, 2.05) is 17.0 Å². The van der Waals surface area contributed by atoms with E-state index < -0.39 is 104 Å². The number of aliphatic hydroxyl groups excluding tert-OH is 3. The molecule has 5 aromatic rings. The Balaban J connectivity index is 0.916. The van der Waals surface area contributed by atoms with Gasteiger partial charge in [0.1, 0.15) is 53.6 Å². The smallest absolute Gasteiger partial charge is 0.336 e. The second-order valence-electron chi connectivity index (χ2n) is 16.7. The molecule has 0 radical (unpaired) electrons. The number of halogens is 2. The van der Waals surface area contributed by atoms with Gasteiger partial charge >= 0.3 is 15.2 Å². The molecule has 34 heteroatoms. The lowest BCUT2D eigenvalue weighted by Gasteiger charge is -2.49. The number of benzene rings is 1. The van der Waals surface area contributed by atoms with Gasteiger partial charge in [0.15, 0.2) is 47.0 Å². The van der Waals surface area contributed by atoms with Crippen molar-refractivity contribution in [3.05, 3.63) is 52.5 Å². The van der Waals surface area contributed by atoms with Crippen LogP contribution in [-0.4, -0.2) is 158 Å². The highest BCUT2D eigenvalue weighted by molar-refractivity contribution is 7.72. The van der Waals surface area contributed by atoms with Crippen LogP contribution in [0.5, 0.6) is 5.75 Å². The topological polar surface area (TPSA) is 419 Å². The largest absolute Gasteiger partial charge is 0.483 e. The van der Waals surface area contributed by atoms with Crippen molar-refractivity contribution >= 4 is 87.4 Å². The van der Waals surface area contributed by atoms with E-state index in [4.69, 9.17) is 52.9 Å². The van der Waals surface area contributed by atoms with Gasteiger partial charge < -0.3 is 69.5 Å². The minimum atomic E-state index is -4.89. The lowest BCUT2D eigenvalue weighted by atomic mass is 9.75. The molecule has 13 N–H and O–H groups in total. The van der Waals surface area contributed by atoms with Crippen LogP contribution < -0.4 is 25.5 Å². The molecule has 9 rings (SSSR count). The van der Waals surface area contributed by atoms with Crippen LogP contribution >= 0.6 is 53.4 Å². The van der Waals surface area contributed by atoms with Crippen LogP contribution in [-0.2, 0) is 39.6 Å². The maximum absolute atomic E-state index is 12.6. The van der Waals surface area contributed by atoms with Crippen molar-refractivity contribution in [2.45, 2.75) is 67.3 Å². The van der Waals surface area contributed by atoms with Crippen molar-refractivity contribution in [2.24, 2.45) is 0 Å². The number of hydrogen-bond donors (Lipinski definition) is 12. The van der Waals surface area contributed by atoms with Crippen LogP contribution in [0.2, 0.25) is 10.6 Å². The number of anilines is 2. The fourth-order valence-corrected chi connectivity index (χ4v) is 15.1. The van der Waals surface area contributed by atoms with Gasteiger partial charge in [0.2, 0.25) is 10.6 Å². The van der Waals surface area contributed by atoms with Gasteiger partial charge in [-0.2, -0.15) is 19.9 Å². The van der Waals surface area contributed by atoms with E-state index in [2.05, 4.69) is 40.1 Å². The Hall–Kier alpha value is -3.30. The zero-order chi connectivity index (χ0) is 48.2. The Bertz CT molecular complexity index is 2960. The molecule has 1 aliphatic carbocycles. The monoisotopic (exact) mass is 1060 g/mol. The molecule has 0 bridgehead atoms. The van der Waals surface area contributed by atoms with Crippen LogP contribution in [0.25, 0.3) is 22.3 Å². The van der Waals surface area contributed by atoms with Crippen LogP contribution in [0, 0.1) is 0 Å². The summed E-state index contributed by atoms with van der Waals surface area (Å²) in [4.78, 5) is 84.6. The first-order chi connectivity index (χ1) is 31.3. The van der Waals surface area contributed by atoms with Gasteiger partial charge in [0, 0.05) is 31.6 Å². The van der Waals surface area contributed by atoms with Crippen molar-refractivity contribution in [3.8, 4) is 5.75 Å². The lowest BCUT2D eigenvalue weighted by molar-refractivity contribution is -0.0331. The van der Waals surface area contributed by atoms with Crippen molar-refractivity contribution < 1.29 is 77.2 Å². The molecule has 6 unspecified atom stereocenters. The fraction of sp³-hybridized carbons (Fsp3) is 0.515. The van der Waals surface area contributed by atoms with Crippen molar-refractivity contribution in [1.29, 1.82) is 0 Å². The van der Waals surface area contributed by atoms with Crippen LogP contribution in [0.4, 0.5) is 11.6 Å². The van der Waals surface area contributed by atoms with Crippen LogP contribution in [0.3, 0.4) is 0 Å². The number of ether oxygens (including phenoxy) is 3. The summed E-state index contributed by atoms with van der Waals surface area (Å²) >= 11 is 12.5. The number of hydrogen-bond acceptors (Lipinski definition) is 18. The van der Waals surface area contributed by atoms with Gasteiger partial charge in [-0.25, -0.2) is 20.1 Å². The molecule has 1 aromatic carbocycles. The zero-order valence-electron chi connectivity index (χ0n) is 34.2. The SMILES string of the molecule is Nc1nc(Cl)nc2c1ncn2[C@@H]1O[C@H](CNP(=O)(O)CP(=O)(O)O)C(O)C1Oc1ccc2c(c1)CCC21CN(c2nc(Cl)nc3c2ncn3[C@@H]2O[C@H](CNP(=O)(O)CP(=O)(O)O)C(O)C2O)C1. The molecule has 4 aromatic heterocycles. The van der Waals surface area contributed by atoms with Crippen molar-refractivity contribution in [2.75, 3.05) is 48.6 Å². The van der Waals surface area contributed by atoms with E-state index in [0.717, 1.165) is 17.5 Å². The minimum Gasteiger partial charge on any atom is -0.483 e. The Morgan fingerprint density at radius 1 is 0.761 bits per heavy atom. The normalized spacial score (nSPS) is 28.0. The van der Waals surface area contributed by atoms with Gasteiger partial charge in [0.05, 0.1) is 12.7 Å². The van der Waals surface area contributed by atoms with Gasteiger partial charge in [0.25, 0.3) is 15.0 Å².